The molecule has 1 rings (SSSR count). The zero-order chi connectivity index (χ0) is 5.28. The van der Waals surface area contributed by atoms with Gasteiger partial charge in [0.2, 0.25) is 0 Å². The number of imidazole rings is 1. The van der Waals surface area contributed by atoms with Crippen LogP contribution in [0.3, 0.4) is 0 Å². The van der Waals surface area contributed by atoms with E-state index in [2.05, 4.69) is 25.9 Å². The molecule has 0 aromatic carbocycles. The lowest BCUT2D eigenvalue weighted by molar-refractivity contribution is 1.26. The molecule has 0 saturated carbocycles. The fraction of sp³-hybridized carbons (Fsp3) is 0. The zero-order valence-electron chi connectivity index (χ0n) is 3.36. The van der Waals surface area contributed by atoms with Gasteiger partial charge in [0, 0.05) is 6.20 Å². The lowest BCUT2D eigenvalue weighted by atomic mass is 11.0. The van der Waals surface area contributed by atoms with E-state index in [1.807, 2.05) is 0 Å². The van der Waals surface area contributed by atoms with Crippen LogP contribution in [0.5, 0.6) is 0 Å². The zero-order valence-corrected chi connectivity index (χ0v) is 5.77. The van der Waals surface area contributed by atoms with Gasteiger partial charge in [-0.05, 0) is 28.1 Å². The van der Waals surface area contributed by atoms with Gasteiger partial charge in [0.1, 0.15) is 4.60 Å². The second-order valence-electron chi connectivity index (χ2n) is 1.09. The third-order valence-corrected chi connectivity index (χ3v) is 1.21. The summed E-state index contributed by atoms with van der Waals surface area (Å²) >= 11 is 7.87. The minimum atomic E-state index is 0.645. The Labute approximate surface area is 54.1 Å². The van der Waals surface area contributed by atoms with Crippen molar-refractivity contribution in [1.29, 1.82) is 0 Å². The molecule has 0 saturated heterocycles. The molecule has 2 nitrogen and oxygen atoms in total. The average Bonchev–Trinajstić information content (AvgIpc) is 1.87. The van der Waals surface area contributed by atoms with E-state index in [4.69, 9.17) is 12.2 Å². The predicted octanol–water partition coefficient (Wildman–Crippen LogP) is 1.83. The molecule has 0 radical (unpaired) electrons. The Balaban J connectivity index is 3.30. The molecule has 0 aliphatic carbocycles. The number of hydrogen-bond donors (Lipinski definition) is 2. The Bertz CT molecular complexity index is 201. The van der Waals surface area contributed by atoms with E-state index in [1.54, 1.807) is 6.20 Å². The van der Waals surface area contributed by atoms with E-state index in [-0.39, 0.29) is 0 Å². The van der Waals surface area contributed by atoms with Crippen LogP contribution >= 0.6 is 28.1 Å². The molecular weight excluding hydrogens is 176 g/mol. The highest BCUT2D eigenvalue weighted by molar-refractivity contribution is 9.10. The van der Waals surface area contributed by atoms with Crippen molar-refractivity contribution in [2.45, 2.75) is 0 Å². The maximum atomic E-state index is 4.69. The highest BCUT2D eigenvalue weighted by Gasteiger charge is 1.80. The van der Waals surface area contributed by atoms with Gasteiger partial charge in [0.05, 0.1) is 0 Å². The first kappa shape index (κ1) is 5.05. The minimum Gasteiger partial charge on any atom is -0.336 e. The normalized spacial score (nSPS) is 9.29. The Kier molecular flexibility index (Phi) is 1.30. The Morgan fingerprint density at radius 2 is 2.43 bits per heavy atom. The number of aromatic nitrogens is 2. The lowest BCUT2D eigenvalue weighted by Crippen LogP contribution is -1.57. The maximum Gasteiger partial charge on any atom is 0.175 e. The fourth-order valence-electron chi connectivity index (χ4n) is 0.310. The second-order valence-corrected chi connectivity index (χ2v) is 2.35. The first-order chi connectivity index (χ1) is 3.29. The van der Waals surface area contributed by atoms with E-state index < -0.39 is 0 Å². The molecule has 0 aliphatic rings. The SMILES string of the molecule is S=c1[nH]cc(Br)[nH]1. The van der Waals surface area contributed by atoms with Crippen LogP contribution in [0.1, 0.15) is 0 Å². The molecule has 0 aliphatic heterocycles. The highest BCUT2D eigenvalue weighted by Crippen LogP contribution is 2.00. The largest absolute Gasteiger partial charge is 0.336 e. The van der Waals surface area contributed by atoms with Crippen molar-refractivity contribution in [3.63, 3.8) is 0 Å². The van der Waals surface area contributed by atoms with Crippen molar-refractivity contribution in [2.24, 2.45) is 0 Å². The summed E-state index contributed by atoms with van der Waals surface area (Å²) in [5.41, 5.74) is 0. The number of H-pyrrole nitrogens is 2. The first-order valence-corrected chi connectivity index (χ1v) is 2.92. The third-order valence-electron chi connectivity index (χ3n) is 0.563. The summed E-state index contributed by atoms with van der Waals surface area (Å²) in [6, 6.07) is 0. The molecular formula is C3H3BrN2S. The summed E-state index contributed by atoms with van der Waals surface area (Å²) in [5, 5.41) is 0. The van der Waals surface area contributed by atoms with Crippen LogP contribution in [-0.4, -0.2) is 9.97 Å². The molecule has 1 aromatic rings. The predicted molar refractivity (Wildman–Crippen MR) is 33.7 cm³/mol. The summed E-state index contributed by atoms with van der Waals surface area (Å²) < 4.78 is 1.53. The number of halogens is 1. The van der Waals surface area contributed by atoms with Crippen LogP contribution in [0.4, 0.5) is 0 Å². The van der Waals surface area contributed by atoms with Gasteiger partial charge in [-0.2, -0.15) is 0 Å². The molecule has 0 spiro atoms. The van der Waals surface area contributed by atoms with Crippen LogP contribution in [0.2, 0.25) is 0 Å². The number of hydrogen-bond acceptors (Lipinski definition) is 1. The van der Waals surface area contributed by atoms with Crippen molar-refractivity contribution < 1.29 is 0 Å². The highest BCUT2D eigenvalue weighted by atomic mass is 79.9. The van der Waals surface area contributed by atoms with Crippen LogP contribution < -0.4 is 0 Å². The van der Waals surface area contributed by atoms with E-state index in [9.17, 15) is 0 Å². The maximum absolute atomic E-state index is 4.69. The summed E-state index contributed by atoms with van der Waals surface area (Å²) in [5.74, 6) is 0. The van der Waals surface area contributed by atoms with Gasteiger partial charge in [-0.3, -0.25) is 0 Å². The van der Waals surface area contributed by atoms with E-state index >= 15 is 0 Å². The molecule has 1 aromatic heterocycles. The number of nitrogens with one attached hydrogen (secondary N) is 2. The standard InChI is InChI=1S/C3H3BrN2S/c4-2-1-5-3(7)6-2/h1H,(H2,5,6,7). The minimum absolute atomic E-state index is 0.645. The van der Waals surface area contributed by atoms with Crippen LogP contribution in [0.25, 0.3) is 0 Å². The molecule has 38 valence electrons. The molecule has 7 heavy (non-hydrogen) atoms. The van der Waals surface area contributed by atoms with Gasteiger partial charge in [0.15, 0.2) is 4.77 Å². The first-order valence-electron chi connectivity index (χ1n) is 1.72. The van der Waals surface area contributed by atoms with Crippen molar-refractivity contribution in [1.82, 2.24) is 9.97 Å². The molecule has 2 N–H and O–H groups in total. The lowest BCUT2D eigenvalue weighted by Gasteiger charge is -1.65. The number of aromatic amines is 2. The molecule has 0 amide bonds. The molecule has 0 bridgehead atoms. The van der Waals surface area contributed by atoms with Crippen molar-refractivity contribution in [2.75, 3.05) is 0 Å². The van der Waals surface area contributed by atoms with Crippen LogP contribution in [0.15, 0.2) is 10.8 Å². The molecule has 1 heterocycles. The molecule has 0 atom stereocenters. The van der Waals surface area contributed by atoms with Gasteiger partial charge in [-0.1, -0.05) is 0 Å². The van der Waals surface area contributed by atoms with Gasteiger partial charge in [0.25, 0.3) is 0 Å². The number of rotatable bonds is 0. The van der Waals surface area contributed by atoms with Gasteiger partial charge in [-0.25, -0.2) is 0 Å². The summed E-state index contributed by atoms with van der Waals surface area (Å²) in [7, 11) is 0. The van der Waals surface area contributed by atoms with E-state index in [0.29, 0.717) is 4.77 Å². The van der Waals surface area contributed by atoms with Gasteiger partial charge >= 0.3 is 0 Å². The van der Waals surface area contributed by atoms with Crippen molar-refractivity contribution >= 4 is 28.1 Å². The summed E-state index contributed by atoms with van der Waals surface area (Å²) in [6.45, 7) is 0. The van der Waals surface area contributed by atoms with Crippen LogP contribution in [-0.2, 0) is 0 Å². The van der Waals surface area contributed by atoms with Gasteiger partial charge in [-0.15, -0.1) is 0 Å². The summed E-state index contributed by atoms with van der Waals surface area (Å²) in [4.78, 5) is 5.60. The van der Waals surface area contributed by atoms with E-state index in [0.717, 1.165) is 4.60 Å². The molecule has 0 unspecified atom stereocenters. The molecule has 0 fully saturated rings. The average molecular weight is 179 g/mol. The molecule has 4 heteroatoms. The fourth-order valence-corrected chi connectivity index (χ4v) is 0.922. The Morgan fingerprint density at radius 1 is 1.71 bits per heavy atom. The van der Waals surface area contributed by atoms with Crippen LogP contribution in [0, 0.1) is 4.77 Å². The quantitative estimate of drug-likeness (QED) is 0.585. The monoisotopic (exact) mass is 178 g/mol. The third kappa shape index (κ3) is 1.14. The topological polar surface area (TPSA) is 31.6 Å². The van der Waals surface area contributed by atoms with Crippen molar-refractivity contribution in [3.8, 4) is 0 Å². The Hall–Kier alpha value is -0.0900. The summed E-state index contributed by atoms with van der Waals surface area (Å²) in [6.07, 6.45) is 1.75. The van der Waals surface area contributed by atoms with E-state index in [1.165, 1.54) is 0 Å². The van der Waals surface area contributed by atoms with Gasteiger partial charge < -0.3 is 9.97 Å². The second kappa shape index (κ2) is 1.79. The van der Waals surface area contributed by atoms with Crippen molar-refractivity contribution in [3.05, 3.63) is 15.6 Å². The Morgan fingerprint density at radius 3 is 2.57 bits per heavy atom. The smallest absolute Gasteiger partial charge is 0.175 e.